The van der Waals surface area contributed by atoms with Crippen LogP contribution in [0, 0.1) is 0 Å². The van der Waals surface area contributed by atoms with E-state index in [2.05, 4.69) is 217 Å². The van der Waals surface area contributed by atoms with Crippen LogP contribution in [0.1, 0.15) is 0 Å². The maximum atomic E-state index is 6.35. The fraction of sp³-hybridized carbons (Fsp3) is 0. The summed E-state index contributed by atoms with van der Waals surface area (Å²) < 4.78 is 6.35. The molecule has 10 aromatic carbocycles. The first-order valence-corrected chi connectivity index (χ1v) is 19.8. The van der Waals surface area contributed by atoms with E-state index in [1.54, 1.807) is 0 Å². The molecule has 11 rings (SSSR count). The van der Waals surface area contributed by atoms with Gasteiger partial charge in [0.05, 0.1) is 5.69 Å². The van der Waals surface area contributed by atoms with Gasteiger partial charge in [0.25, 0.3) is 0 Å². The number of para-hydroxylation sites is 1. The molecule has 0 fully saturated rings. The highest BCUT2D eigenvalue weighted by Crippen LogP contribution is 2.49. The quantitative estimate of drug-likeness (QED) is 0.162. The minimum absolute atomic E-state index is 0.887. The van der Waals surface area contributed by atoms with Gasteiger partial charge in [0.2, 0.25) is 0 Å². The maximum absolute atomic E-state index is 6.35. The summed E-state index contributed by atoms with van der Waals surface area (Å²) >= 11 is 0. The summed E-state index contributed by atoms with van der Waals surface area (Å²) in [7, 11) is 0. The Bertz CT molecular complexity index is 3270. The van der Waals surface area contributed by atoms with Crippen molar-refractivity contribution in [1.82, 2.24) is 0 Å². The summed E-state index contributed by atoms with van der Waals surface area (Å²) in [4.78, 5) is 2.44. The van der Waals surface area contributed by atoms with Crippen LogP contribution in [-0.2, 0) is 0 Å². The number of anilines is 3. The molecule has 0 saturated carbocycles. The predicted octanol–water partition coefficient (Wildman–Crippen LogP) is 16.0. The van der Waals surface area contributed by atoms with Gasteiger partial charge in [0, 0.05) is 27.7 Å². The third-order valence-corrected chi connectivity index (χ3v) is 11.5. The van der Waals surface area contributed by atoms with Crippen LogP contribution >= 0.6 is 0 Å². The van der Waals surface area contributed by atoms with E-state index in [0.717, 1.165) is 50.1 Å². The third kappa shape index (κ3) is 5.74. The van der Waals surface area contributed by atoms with Gasteiger partial charge in [-0.2, -0.15) is 0 Å². The number of hydrogen-bond acceptors (Lipinski definition) is 2. The monoisotopic (exact) mass is 739 g/mol. The van der Waals surface area contributed by atoms with E-state index in [4.69, 9.17) is 4.42 Å². The molecule has 11 aromatic rings. The highest BCUT2D eigenvalue weighted by atomic mass is 16.3. The average Bonchev–Trinajstić information content (AvgIpc) is 3.68. The molecule has 0 aliphatic rings. The summed E-state index contributed by atoms with van der Waals surface area (Å²) in [6.07, 6.45) is 0. The Morgan fingerprint density at radius 3 is 1.64 bits per heavy atom. The first-order valence-electron chi connectivity index (χ1n) is 19.8. The van der Waals surface area contributed by atoms with Crippen molar-refractivity contribution in [1.29, 1.82) is 0 Å². The van der Waals surface area contributed by atoms with Crippen molar-refractivity contribution < 1.29 is 4.42 Å². The van der Waals surface area contributed by atoms with Crippen LogP contribution in [0.3, 0.4) is 0 Å². The number of nitrogens with zero attached hydrogens (tertiary/aromatic N) is 1. The zero-order valence-electron chi connectivity index (χ0n) is 31.7. The molecule has 0 unspecified atom stereocenters. The SMILES string of the molecule is c1ccc(-c2ccc(N(c3cccc(-c4cccc5oc6ccccc6c45)c3)c3cccc(-c4cccc5ccccc45)c3-c3cccc4ccccc34)cc2)cc1. The number of fused-ring (bicyclic) bond motifs is 5. The molecule has 2 heteroatoms. The normalized spacial score (nSPS) is 11.4. The predicted molar refractivity (Wildman–Crippen MR) is 245 cm³/mol. The molecule has 0 radical (unpaired) electrons. The van der Waals surface area contributed by atoms with Gasteiger partial charge in [-0.3, -0.25) is 0 Å². The van der Waals surface area contributed by atoms with Crippen molar-refractivity contribution in [3.63, 3.8) is 0 Å². The van der Waals surface area contributed by atoms with E-state index < -0.39 is 0 Å². The fourth-order valence-corrected chi connectivity index (χ4v) is 8.83. The van der Waals surface area contributed by atoms with E-state index in [9.17, 15) is 0 Å². The lowest BCUT2D eigenvalue weighted by atomic mass is 9.87. The van der Waals surface area contributed by atoms with E-state index in [1.807, 2.05) is 12.1 Å². The molecule has 0 amide bonds. The molecule has 0 aliphatic heterocycles. The topological polar surface area (TPSA) is 16.4 Å². The minimum atomic E-state index is 0.887. The van der Waals surface area contributed by atoms with Crippen molar-refractivity contribution in [2.24, 2.45) is 0 Å². The average molecular weight is 740 g/mol. The Morgan fingerprint density at radius 2 is 0.845 bits per heavy atom. The lowest BCUT2D eigenvalue weighted by molar-refractivity contribution is 0.669. The largest absolute Gasteiger partial charge is 0.456 e. The fourth-order valence-electron chi connectivity index (χ4n) is 8.83. The molecule has 0 spiro atoms. The van der Waals surface area contributed by atoms with Crippen LogP contribution in [0.15, 0.2) is 229 Å². The molecule has 272 valence electrons. The Labute approximate surface area is 337 Å². The van der Waals surface area contributed by atoms with Gasteiger partial charge in [-0.25, -0.2) is 0 Å². The molecular weight excluding hydrogens is 703 g/mol. The highest BCUT2D eigenvalue weighted by Gasteiger charge is 2.23. The summed E-state index contributed by atoms with van der Waals surface area (Å²) in [6, 6.07) is 80.9. The summed E-state index contributed by atoms with van der Waals surface area (Å²) in [5.41, 5.74) is 14.4. The first-order chi connectivity index (χ1) is 28.8. The second kappa shape index (κ2) is 14.1. The Hall–Kier alpha value is -7.68. The molecule has 1 heterocycles. The van der Waals surface area contributed by atoms with Crippen LogP contribution in [0.2, 0.25) is 0 Å². The molecule has 58 heavy (non-hydrogen) atoms. The van der Waals surface area contributed by atoms with Crippen LogP contribution in [0.25, 0.3) is 88.0 Å². The van der Waals surface area contributed by atoms with Gasteiger partial charge in [-0.1, -0.05) is 182 Å². The van der Waals surface area contributed by atoms with Crippen molar-refractivity contribution in [3.05, 3.63) is 224 Å². The van der Waals surface area contributed by atoms with Gasteiger partial charge in [0.15, 0.2) is 0 Å². The molecule has 0 bridgehead atoms. The Morgan fingerprint density at radius 1 is 0.310 bits per heavy atom. The van der Waals surface area contributed by atoms with Crippen molar-refractivity contribution in [2.45, 2.75) is 0 Å². The van der Waals surface area contributed by atoms with Crippen LogP contribution in [-0.4, -0.2) is 0 Å². The standard InChI is InChI=1S/C56H37NO/c1-2-15-38(16-3-1)39-33-35-43(36-34-39)57(44-22-10-21-42(37-44)47-26-14-32-54-56(47)51-25-8-9-31-53(51)58-54)52-30-13-29-50(48-27-11-19-40-17-4-6-23-45(40)48)55(52)49-28-12-20-41-18-5-7-24-46(41)49/h1-37H. The minimum Gasteiger partial charge on any atom is -0.456 e. The van der Waals surface area contributed by atoms with E-state index >= 15 is 0 Å². The molecule has 1 aromatic heterocycles. The summed E-state index contributed by atoms with van der Waals surface area (Å²) in [6.45, 7) is 0. The Balaban J connectivity index is 1.20. The number of benzene rings is 10. The van der Waals surface area contributed by atoms with Gasteiger partial charge < -0.3 is 9.32 Å². The number of rotatable bonds is 7. The molecule has 2 nitrogen and oxygen atoms in total. The lowest BCUT2D eigenvalue weighted by Gasteiger charge is -2.30. The second-order valence-corrected chi connectivity index (χ2v) is 14.8. The van der Waals surface area contributed by atoms with Crippen molar-refractivity contribution in [3.8, 4) is 44.5 Å². The van der Waals surface area contributed by atoms with Crippen molar-refractivity contribution >= 4 is 60.5 Å². The van der Waals surface area contributed by atoms with Gasteiger partial charge in [0.1, 0.15) is 11.2 Å². The van der Waals surface area contributed by atoms with E-state index in [-0.39, 0.29) is 0 Å². The third-order valence-electron chi connectivity index (χ3n) is 11.5. The summed E-state index contributed by atoms with van der Waals surface area (Å²) in [5.74, 6) is 0. The van der Waals surface area contributed by atoms with E-state index in [0.29, 0.717) is 0 Å². The summed E-state index contributed by atoms with van der Waals surface area (Å²) in [5, 5.41) is 7.11. The smallest absolute Gasteiger partial charge is 0.136 e. The number of furan rings is 1. The van der Waals surface area contributed by atoms with Gasteiger partial charge in [-0.15, -0.1) is 0 Å². The highest BCUT2D eigenvalue weighted by molar-refractivity contribution is 6.13. The van der Waals surface area contributed by atoms with Gasteiger partial charge >= 0.3 is 0 Å². The zero-order chi connectivity index (χ0) is 38.4. The Kier molecular flexibility index (Phi) is 8.19. The van der Waals surface area contributed by atoms with Crippen molar-refractivity contribution in [2.75, 3.05) is 4.90 Å². The molecule has 0 aliphatic carbocycles. The van der Waals surface area contributed by atoms with Crippen LogP contribution < -0.4 is 4.90 Å². The van der Waals surface area contributed by atoms with Gasteiger partial charge in [-0.05, 0) is 103 Å². The van der Waals surface area contributed by atoms with Crippen LogP contribution in [0.4, 0.5) is 17.1 Å². The van der Waals surface area contributed by atoms with Crippen LogP contribution in [0.5, 0.6) is 0 Å². The molecule has 0 atom stereocenters. The molecular formula is C56H37NO. The molecule has 0 N–H and O–H groups in total. The van der Waals surface area contributed by atoms with E-state index in [1.165, 1.54) is 54.9 Å². The maximum Gasteiger partial charge on any atom is 0.136 e. The molecule has 0 saturated heterocycles. The first kappa shape index (κ1) is 33.6. The second-order valence-electron chi connectivity index (χ2n) is 14.8. The zero-order valence-corrected chi connectivity index (χ0v) is 31.7. The lowest BCUT2D eigenvalue weighted by Crippen LogP contribution is -2.12. The number of hydrogen-bond donors (Lipinski definition) is 0.